The van der Waals surface area contributed by atoms with Crippen molar-refractivity contribution in [3.8, 4) is 5.75 Å². The molecular weight excluding hydrogens is 395 g/mol. The van der Waals surface area contributed by atoms with E-state index >= 15 is 0 Å². The largest absolute Gasteiger partial charge is 0.488 e. The Bertz CT molecular complexity index is 1060. The van der Waals surface area contributed by atoms with Crippen LogP contribution in [-0.4, -0.2) is 13.1 Å². The zero-order chi connectivity index (χ0) is 21.8. The van der Waals surface area contributed by atoms with Crippen molar-refractivity contribution < 1.29 is 23.1 Å². The van der Waals surface area contributed by atoms with E-state index in [2.05, 4.69) is 0 Å². The molecule has 1 saturated carbocycles. The van der Waals surface area contributed by atoms with E-state index in [1.807, 2.05) is 32.0 Å². The minimum Gasteiger partial charge on any atom is -0.488 e. The minimum atomic E-state index is -0.280. The van der Waals surface area contributed by atoms with E-state index in [1.54, 1.807) is 0 Å². The molecule has 0 bridgehead atoms. The van der Waals surface area contributed by atoms with Crippen LogP contribution in [0.1, 0.15) is 53.7 Å². The summed E-state index contributed by atoms with van der Waals surface area (Å²) in [5.74, 6) is 2.08. The van der Waals surface area contributed by atoms with Gasteiger partial charge in [0.05, 0.1) is 6.61 Å². The van der Waals surface area contributed by atoms with E-state index < -0.39 is 0 Å². The number of fused-ring (bicyclic) bond motifs is 1. The maximum absolute atomic E-state index is 14.2. The van der Waals surface area contributed by atoms with Crippen molar-refractivity contribution >= 4 is 17.4 Å². The molecule has 4 nitrogen and oxygen atoms in total. The summed E-state index contributed by atoms with van der Waals surface area (Å²) in [6.07, 6.45) is 6.66. The van der Waals surface area contributed by atoms with Crippen LogP contribution in [0.3, 0.4) is 0 Å². The zero-order valence-corrected chi connectivity index (χ0v) is 18.2. The predicted molar refractivity (Wildman–Crippen MR) is 118 cm³/mol. The molecule has 2 aromatic carbocycles. The Labute approximate surface area is 182 Å². The van der Waals surface area contributed by atoms with E-state index in [9.17, 15) is 9.18 Å². The van der Waals surface area contributed by atoms with Crippen molar-refractivity contribution in [3.05, 3.63) is 64.2 Å². The van der Waals surface area contributed by atoms with Gasteiger partial charge in [0.15, 0.2) is 0 Å². The van der Waals surface area contributed by atoms with Crippen molar-refractivity contribution in [1.29, 1.82) is 0 Å². The van der Waals surface area contributed by atoms with Crippen LogP contribution >= 0.6 is 0 Å². The van der Waals surface area contributed by atoms with Gasteiger partial charge < -0.3 is 13.9 Å². The third-order valence-electron chi connectivity index (χ3n) is 6.46. The summed E-state index contributed by atoms with van der Waals surface area (Å²) >= 11 is 0. The van der Waals surface area contributed by atoms with Gasteiger partial charge in [0.1, 0.15) is 29.5 Å². The van der Waals surface area contributed by atoms with Gasteiger partial charge in [0.25, 0.3) is 6.47 Å². The smallest absolute Gasteiger partial charge is 0.293 e. The number of halogens is 1. The van der Waals surface area contributed by atoms with Gasteiger partial charge in [-0.25, -0.2) is 4.39 Å². The van der Waals surface area contributed by atoms with Crippen LogP contribution in [0.4, 0.5) is 4.39 Å². The van der Waals surface area contributed by atoms with Gasteiger partial charge in [-0.1, -0.05) is 31.7 Å². The lowest BCUT2D eigenvalue weighted by molar-refractivity contribution is -0.128. The number of hydrogen-bond donors (Lipinski definition) is 0. The summed E-state index contributed by atoms with van der Waals surface area (Å²) in [4.78, 5) is 10.3. The first-order valence-corrected chi connectivity index (χ1v) is 11.0. The maximum atomic E-state index is 14.2. The highest BCUT2D eigenvalue weighted by atomic mass is 19.1. The molecule has 1 aliphatic rings. The fourth-order valence-corrected chi connectivity index (χ4v) is 4.60. The maximum Gasteiger partial charge on any atom is 0.293 e. The number of rotatable bonds is 9. The first-order valence-electron chi connectivity index (χ1n) is 11.0. The van der Waals surface area contributed by atoms with Crippen LogP contribution < -0.4 is 4.74 Å². The lowest BCUT2D eigenvalue weighted by Gasteiger charge is -2.14. The first-order chi connectivity index (χ1) is 15.0. The monoisotopic (exact) mass is 424 g/mol. The summed E-state index contributed by atoms with van der Waals surface area (Å²) in [5.41, 5.74) is 4.67. The molecule has 1 aromatic heterocycles. The number of carbonyl (C=O) groups is 1. The molecular formula is C26H29FO4. The van der Waals surface area contributed by atoms with E-state index in [-0.39, 0.29) is 12.4 Å². The third-order valence-corrected chi connectivity index (χ3v) is 6.46. The number of furan rings is 1. The fourth-order valence-electron chi connectivity index (χ4n) is 4.60. The summed E-state index contributed by atoms with van der Waals surface area (Å²) < 4.78 is 31.3. The lowest BCUT2D eigenvalue weighted by Crippen LogP contribution is -2.03. The van der Waals surface area contributed by atoms with E-state index in [4.69, 9.17) is 13.9 Å². The Hall–Kier alpha value is -2.82. The second-order valence-corrected chi connectivity index (χ2v) is 8.53. The molecule has 0 atom stereocenters. The number of benzene rings is 2. The van der Waals surface area contributed by atoms with Crippen molar-refractivity contribution in [1.82, 2.24) is 0 Å². The van der Waals surface area contributed by atoms with E-state index in [0.717, 1.165) is 40.0 Å². The van der Waals surface area contributed by atoms with Gasteiger partial charge in [-0.15, -0.1) is 0 Å². The van der Waals surface area contributed by atoms with Crippen LogP contribution in [-0.2, 0) is 29.0 Å². The third kappa shape index (κ3) is 4.92. The van der Waals surface area contributed by atoms with Gasteiger partial charge in [-0.2, -0.15) is 0 Å². The molecule has 31 heavy (non-hydrogen) atoms. The van der Waals surface area contributed by atoms with Gasteiger partial charge in [0.2, 0.25) is 0 Å². The summed E-state index contributed by atoms with van der Waals surface area (Å²) in [5, 5.41) is 0.796. The van der Waals surface area contributed by atoms with Gasteiger partial charge >= 0.3 is 0 Å². The minimum absolute atomic E-state index is 0.235. The number of carbonyl (C=O) groups excluding carboxylic acids is 1. The number of ether oxygens (including phenoxy) is 2. The van der Waals surface area contributed by atoms with Gasteiger partial charge in [0, 0.05) is 23.8 Å². The number of hydrogen-bond acceptors (Lipinski definition) is 4. The molecule has 3 aromatic rings. The Morgan fingerprint density at radius 2 is 1.90 bits per heavy atom. The van der Waals surface area contributed by atoms with Crippen LogP contribution in [0.15, 0.2) is 34.7 Å². The summed E-state index contributed by atoms with van der Waals surface area (Å²) in [7, 11) is 0. The SMILES string of the molecule is Cc1c(CCOC=O)ccc(OCc2cc(F)cc3cc(CC4CCCC4)oc23)c1C. The molecule has 0 unspecified atom stereocenters. The molecule has 0 amide bonds. The zero-order valence-electron chi connectivity index (χ0n) is 18.2. The normalized spacial score (nSPS) is 14.3. The molecule has 0 saturated heterocycles. The topological polar surface area (TPSA) is 48.7 Å². The van der Waals surface area contributed by atoms with E-state index in [1.165, 1.54) is 37.8 Å². The molecule has 1 heterocycles. The Kier molecular flexibility index (Phi) is 6.59. The Morgan fingerprint density at radius 1 is 1.10 bits per heavy atom. The molecule has 0 spiro atoms. The molecule has 1 fully saturated rings. The van der Waals surface area contributed by atoms with Crippen molar-refractivity contribution in [3.63, 3.8) is 0 Å². The second kappa shape index (κ2) is 9.54. The predicted octanol–water partition coefficient (Wildman–Crippen LogP) is 6.22. The lowest BCUT2D eigenvalue weighted by atomic mass is 10.0. The summed E-state index contributed by atoms with van der Waals surface area (Å²) in [6.45, 7) is 5.09. The standard InChI is InChI=1S/C26H29FO4/c1-17-18(2)25(8-7-20(17)9-10-29-16-28)30-15-22-13-23(27)12-21-14-24(31-26(21)22)11-19-5-3-4-6-19/h7-8,12-14,16,19H,3-6,9-11,15H2,1-2H3. The van der Waals surface area contributed by atoms with Crippen LogP contribution in [0, 0.1) is 25.6 Å². The first kappa shape index (κ1) is 21.4. The van der Waals surface area contributed by atoms with Crippen LogP contribution in [0.5, 0.6) is 5.75 Å². The molecule has 5 heteroatoms. The average Bonchev–Trinajstić information content (AvgIpc) is 3.40. The van der Waals surface area contributed by atoms with Crippen molar-refractivity contribution in [2.24, 2.45) is 5.92 Å². The van der Waals surface area contributed by atoms with Crippen molar-refractivity contribution in [2.75, 3.05) is 6.61 Å². The summed E-state index contributed by atoms with van der Waals surface area (Å²) in [6, 6.07) is 8.92. The Balaban J connectivity index is 1.51. The molecule has 1 aliphatic carbocycles. The highest BCUT2D eigenvalue weighted by molar-refractivity contribution is 5.81. The van der Waals surface area contributed by atoms with Gasteiger partial charge in [-0.3, -0.25) is 4.79 Å². The molecule has 4 rings (SSSR count). The van der Waals surface area contributed by atoms with Crippen LogP contribution in [0.25, 0.3) is 11.0 Å². The van der Waals surface area contributed by atoms with E-state index in [0.29, 0.717) is 36.6 Å². The highest BCUT2D eigenvalue weighted by Crippen LogP contribution is 2.32. The molecule has 0 aliphatic heterocycles. The molecule has 0 radical (unpaired) electrons. The van der Waals surface area contributed by atoms with Crippen LogP contribution in [0.2, 0.25) is 0 Å². The fraction of sp³-hybridized carbons (Fsp3) is 0.423. The average molecular weight is 425 g/mol. The Morgan fingerprint density at radius 3 is 2.68 bits per heavy atom. The van der Waals surface area contributed by atoms with Gasteiger partial charge in [-0.05, 0) is 60.7 Å². The molecule has 164 valence electrons. The highest BCUT2D eigenvalue weighted by Gasteiger charge is 2.19. The quantitative estimate of drug-likeness (QED) is 0.302. The second-order valence-electron chi connectivity index (χ2n) is 8.53. The molecule has 0 N–H and O–H groups in total. The van der Waals surface area contributed by atoms with Crippen molar-refractivity contribution in [2.45, 2.75) is 59.0 Å².